The van der Waals surface area contributed by atoms with E-state index in [0.717, 1.165) is 24.0 Å². The van der Waals surface area contributed by atoms with Crippen LogP contribution >= 0.6 is 0 Å². The van der Waals surface area contributed by atoms with Gasteiger partial charge in [0.1, 0.15) is 5.76 Å². The number of hydrogen-bond donors (Lipinski definition) is 0. The lowest BCUT2D eigenvalue weighted by Crippen LogP contribution is -2.41. The summed E-state index contributed by atoms with van der Waals surface area (Å²) in [6.45, 7) is 6.44. The third-order valence-corrected chi connectivity index (χ3v) is 4.68. The minimum absolute atomic E-state index is 0.0280. The SMILES string of the molecule is Cc1cc(CC(=O)N2CCCC2C(=O)c2ccc(C)c(C)c2)no1. The molecule has 1 aromatic carbocycles. The summed E-state index contributed by atoms with van der Waals surface area (Å²) in [5, 5.41) is 3.87. The topological polar surface area (TPSA) is 63.4 Å². The Hall–Kier alpha value is -2.43. The van der Waals surface area contributed by atoms with Crippen LogP contribution in [0.5, 0.6) is 0 Å². The van der Waals surface area contributed by atoms with Crippen LogP contribution in [0.2, 0.25) is 0 Å². The monoisotopic (exact) mass is 326 g/mol. The predicted octanol–water partition coefficient (Wildman–Crippen LogP) is 3.02. The summed E-state index contributed by atoms with van der Waals surface area (Å²) in [7, 11) is 0. The fourth-order valence-electron chi connectivity index (χ4n) is 3.18. The maximum Gasteiger partial charge on any atom is 0.229 e. The van der Waals surface area contributed by atoms with E-state index in [1.807, 2.05) is 32.0 Å². The summed E-state index contributed by atoms with van der Waals surface area (Å²) in [5.74, 6) is 0.644. The molecule has 1 atom stereocenters. The lowest BCUT2D eigenvalue weighted by molar-refractivity contribution is -0.130. The Bertz CT molecular complexity index is 779. The predicted molar refractivity (Wildman–Crippen MR) is 89.9 cm³/mol. The van der Waals surface area contributed by atoms with Crippen molar-refractivity contribution in [1.82, 2.24) is 10.1 Å². The van der Waals surface area contributed by atoms with Gasteiger partial charge in [0.05, 0.1) is 18.2 Å². The fourth-order valence-corrected chi connectivity index (χ4v) is 3.18. The fraction of sp³-hybridized carbons (Fsp3) is 0.421. The van der Waals surface area contributed by atoms with Crippen molar-refractivity contribution >= 4 is 11.7 Å². The van der Waals surface area contributed by atoms with Crippen LogP contribution in [0.25, 0.3) is 0 Å². The quantitative estimate of drug-likeness (QED) is 0.810. The molecule has 3 rings (SSSR count). The van der Waals surface area contributed by atoms with E-state index < -0.39 is 0 Å². The molecule has 0 aliphatic carbocycles. The second kappa shape index (κ2) is 6.59. The number of aryl methyl sites for hydroxylation is 3. The van der Waals surface area contributed by atoms with Gasteiger partial charge in [-0.25, -0.2) is 0 Å². The summed E-state index contributed by atoms with van der Waals surface area (Å²) in [6.07, 6.45) is 1.74. The Labute approximate surface area is 141 Å². The number of carbonyl (C=O) groups is 2. The molecule has 0 spiro atoms. The van der Waals surface area contributed by atoms with Crippen molar-refractivity contribution in [1.29, 1.82) is 0 Å². The largest absolute Gasteiger partial charge is 0.361 e. The average Bonchev–Trinajstić information content (AvgIpc) is 3.18. The van der Waals surface area contributed by atoms with E-state index in [2.05, 4.69) is 5.16 Å². The second-order valence-electron chi connectivity index (χ2n) is 6.51. The number of likely N-dealkylation sites (tertiary alicyclic amines) is 1. The molecule has 1 aliphatic heterocycles. The van der Waals surface area contributed by atoms with Crippen molar-refractivity contribution < 1.29 is 14.1 Å². The first-order valence-corrected chi connectivity index (χ1v) is 8.29. The molecule has 0 bridgehead atoms. The van der Waals surface area contributed by atoms with Gasteiger partial charge in [0.15, 0.2) is 5.78 Å². The van der Waals surface area contributed by atoms with Crippen molar-refractivity contribution in [2.45, 2.75) is 46.1 Å². The molecular formula is C19H22N2O3. The number of aromatic nitrogens is 1. The molecule has 1 fully saturated rings. The number of carbonyl (C=O) groups excluding carboxylic acids is 2. The molecule has 2 heterocycles. The van der Waals surface area contributed by atoms with E-state index in [1.54, 1.807) is 17.9 Å². The highest BCUT2D eigenvalue weighted by Gasteiger charge is 2.34. The van der Waals surface area contributed by atoms with Crippen LogP contribution in [0.15, 0.2) is 28.8 Å². The van der Waals surface area contributed by atoms with Gasteiger partial charge in [-0.05, 0) is 50.8 Å². The van der Waals surface area contributed by atoms with Gasteiger partial charge in [-0.2, -0.15) is 0 Å². The van der Waals surface area contributed by atoms with E-state index >= 15 is 0 Å². The van der Waals surface area contributed by atoms with Crippen molar-refractivity contribution in [2.75, 3.05) is 6.54 Å². The number of rotatable bonds is 4. The minimum atomic E-state index is -0.368. The molecule has 5 nitrogen and oxygen atoms in total. The Morgan fingerprint density at radius 2 is 2.00 bits per heavy atom. The number of ketones is 1. The van der Waals surface area contributed by atoms with Gasteiger partial charge in [0.2, 0.25) is 5.91 Å². The molecule has 2 aromatic rings. The number of benzene rings is 1. The van der Waals surface area contributed by atoms with Gasteiger partial charge in [0.25, 0.3) is 0 Å². The zero-order valence-corrected chi connectivity index (χ0v) is 14.3. The van der Waals surface area contributed by atoms with Crippen molar-refractivity contribution in [2.24, 2.45) is 0 Å². The Morgan fingerprint density at radius 3 is 2.67 bits per heavy atom. The van der Waals surface area contributed by atoms with E-state index in [1.165, 1.54) is 0 Å². The maximum absolute atomic E-state index is 12.9. The van der Waals surface area contributed by atoms with E-state index in [4.69, 9.17) is 4.52 Å². The summed E-state index contributed by atoms with van der Waals surface area (Å²) in [4.78, 5) is 27.1. The number of Topliss-reactive ketones (excluding diaryl/α,β-unsaturated/α-hetero) is 1. The number of hydrogen-bond acceptors (Lipinski definition) is 4. The minimum Gasteiger partial charge on any atom is -0.361 e. The highest BCUT2D eigenvalue weighted by molar-refractivity contribution is 6.02. The molecule has 0 radical (unpaired) electrons. The average molecular weight is 326 g/mol. The summed E-state index contributed by atoms with van der Waals surface area (Å²) in [5.41, 5.74) is 3.55. The van der Waals surface area contributed by atoms with Gasteiger partial charge >= 0.3 is 0 Å². The van der Waals surface area contributed by atoms with Crippen LogP contribution < -0.4 is 0 Å². The van der Waals surface area contributed by atoms with E-state index in [-0.39, 0.29) is 24.2 Å². The van der Waals surface area contributed by atoms with Gasteiger partial charge in [-0.1, -0.05) is 17.3 Å². The maximum atomic E-state index is 12.9. The first kappa shape index (κ1) is 16.4. The van der Waals surface area contributed by atoms with Crippen LogP contribution in [-0.4, -0.2) is 34.3 Å². The molecule has 1 aliphatic rings. The first-order valence-electron chi connectivity index (χ1n) is 8.29. The number of amides is 1. The molecule has 24 heavy (non-hydrogen) atoms. The van der Waals surface area contributed by atoms with E-state index in [0.29, 0.717) is 23.6 Å². The van der Waals surface area contributed by atoms with Crippen LogP contribution in [0.4, 0.5) is 0 Å². The molecule has 126 valence electrons. The molecule has 1 aromatic heterocycles. The first-order chi connectivity index (χ1) is 11.5. The molecule has 0 N–H and O–H groups in total. The third kappa shape index (κ3) is 3.25. The second-order valence-corrected chi connectivity index (χ2v) is 6.51. The van der Waals surface area contributed by atoms with Gasteiger partial charge in [-0.3, -0.25) is 9.59 Å². The lowest BCUT2D eigenvalue weighted by Gasteiger charge is -2.23. The molecule has 1 amide bonds. The zero-order valence-electron chi connectivity index (χ0n) is 14.3. The molecule has 1 unspecified atom stereocenters. The standard InChI is InChI=1S/C19H22N2O3/c1-12-6-7-15(9-13(12)2)19(23)17-5-4-8-21(17)18(22)11-16-10-14(3)24-20-16/h6-7,9-10,17H,4-5,8,11H2,1-3H3. The van der Waals surface area contributed by atoms with Crippen molar-refractivity contribution in [3.05, 3.63) is 52.4 Å². The molecule has 5 heteroatoms. The van der Waals surface area contributed by atoms with Crippen molar-refractivity contribution in [3.8, 4) is 0 Å². The van der Waals surface area contributed by atoms with Crippen LogP contribution in [0.3, 0.4) is 0 Å². The van der Waals surface area contributed by atoms with Gasteiger partial charge < -0.3 is 9.42 Å². The summed E-state index contributed by atoms with van der Waals surface area (Å²) < 4.78 is 5.01. The Balaban J connectivity index is 1.75. The molecular weight excluding hydrogens is 304 g/mol. The van der Waals surface area contributed by atoms with Crippen LogP contribution in [0, 0.1) is 20.8 Å². The smallest absolute Gasteiger partial charge is 0.229 e. The van der Waals surface area contributed by atoms with Crippen molar-refractivity contribution in [3.63, 3.8) is 0 Å². The molecule has 1 saturated heterocycles. The highest BCUT2D eigenvalue weighted by atomic mass is 16.5. The zero-order chi connectivity index (χ0) is 17.3. The number of nitrogens with zero attached hydrogens (tertiary/aromatic N) is 2. The lowest BCUT2D eigenvalue weighted by atomic mass is 9.98. The summed E-state index contributed by atoms with van der Waals surface area (Å²) >= 11 is 0. The third-order valence-electron chi connectivity index (χ3n) is 4.68. The van der Waals surface area contributed by atoms with Crippen LogP contribution in [0.1, 0.15) is 45.8 Å². The summed E-state index contributed by atoms with van der Waals surface area (Å²) in [6, 6.07) is 7.12. The van der Waals surface area contributed by atoms with E-state index in [9.17, 15) is 9.59 Å². The van der Waals surface area contributed by atoms with Gasteiger partial charge in [0, 0.05) is 18.2 Å². The van der Waals surface area contributed by atoms with Gasteiger partial charge in [-0.15, -0.1) is 0 Å². The normalized spacial score (nSPS) is 17.3. The Morgan fingerprint density at radius 1 is 1.21 bits per heavy atom. The van der Waals surface area contributed by atoms with Crippen LogP contribution in [-0.2, 0) is 11.2 Å². The molecule has 0 saturated carbocycles. The Kier molecular flexibility index (Phi) is 4.51. The highest BCUT2D eigenvalue weighted by Crippen LogP contribution is 2.23.